The number of halogens is 2. The van der Waals surface area contributed by atoms with Crippen LogP contribution < -0.4 is 9.62 Å². The highest BCUT2D eigenvalue weighted by Crippen LogP contribution is 2.35. The number of anilines is 1. The van der Waals surface area contributed by atoms with Crippen molar-refractivity contribution >= 4 is 50.7 Å². The summed E-state index contributed by atoms with van der Waals surface area (Å²) in [6, 6.07) is 30.2. The van der Waals surface area contributed by atoms with E-state index in [4.69, 9.17) is 23.2 Å². The number of carbonyl (C=O) groups is 2. The Labute approximate surface area is 269 Å². The van der Waals surface area contributed by atoms with Crippen LogP contribution in [0.2, 0.25) is 10.0 Å². The molecule has 0 bridgehead atoms. The SMILES string of the molecule is CC(C)CNC(=O)C(Cc1ccccc1)N(Cc1ccccc1)C(=O)CN(c1cccc(Cl)c1Cl)S(=O)(=O)c1ccccc1. The molecule has 7 nitrogen and oxygen atoms in total. The Balaban J connectivity index is 1.81. The zero-order chi connectivity index (χ0) is 31.7. The number of hydrogen-bond donors (Lipinski definition) is 1. The maximum Gasteiger partial charge on any atom is 0.264 e. The summed E-state index contributed by atoms with van der Waals surface area (Å²) in [6.45, 7) is 3.85. The van der Waals surface area contributed by atoms with E-state index in [0.29, 0.717) is 6.54 Å². The fourth-order valence-corrected chi connectivity index (χ4v) is 6.57. The quantitative estimate of drug-likeness (QED) is 0.176. The number of sulfonamides is 1. The fourth-order valence-electron chi connectivity index (χ4n) is 4.67. The van der Waals surface area contributed by atoms with Crippen molar-refractivity contribution in [2.75, 3.05) is 17.4 Å². The summed E-state index contributed by atoms with van der Waals surface area (Å²) in [5.41, 5.74) is 1.70. The van der Waals surface area contributed by atoms with E-state index >= 15 is 0 Å². The Bertz CT molecular complexity index is 1650. The lowest BCUT2D eigenvalue weighted by Gasteiger charge is -2.34. The first kappa shape index (κ1) is 33.1. The van der Waals surface area contributed by atoms with Crippen LogP contribution in [0.4, 0.5) is 5.69 Å². The molecule has 1 unspecified atom stereocenters. The van der Waals surface area contributed by atoms with Gasteiger partial charge in [-0.2, -0.15) is 0 Å². The zero-order valence-corrected chi connectivity index (χ0v) is 26.9. The Morgan fingerprint density at radius 1 is 0.773 bits per heavy atom. The van der Waals surface area contributed by atoms with Crippen molar-refractivity contribution < 1.29 is 18.0 Å². The number of rotatable bonds is 13. The lowest BCUT2D eigenvalue weighted by molar-refractivity contribution is -0.140. The van der Waals surface area contributed by atoms with Crippen LogP contribution in [-0.2, 0) is 32.6 Å². The molecular weight excluding hydrogens is 617 g/mol. The molecule has 4 rings (SSSR count). The normalized spacial score (nSPS) is 12.0. The topological polar surface area (TPSA) is 86.8 Å². The lowest BCUT2D eigenvalue weighted by atomic mass is 10.0. The van der Waals surface area contributed by atoms with Crippen LogP contribution in [0.3, 0.4) is 0 Å². The van der Waals surface area contributed by atoms with Gasteiger partial charge in [-0.3, -0.25) is 13.9 Å². The van der Waals surface area contributed by atoms with E-state index in [1.54, 1.807) is 30.3 Å². The third-order valence-corrected chi connectivity index (χ3v) is 9.54. The van der Waals surface area contributed by atoms with E-state index in [-0.39, 0.29) is 45.4 Å². The zero-order valence-electron chi connectivity index (χ0n) is 24.6. The van der Waals surface area contributed by atoms with E-state index in [1.807, 2.05) is 74.5 Å². The Morgan fingerprint density at radius 3 is 1.93 bits per heavy atom. The summed E-state index contributed by atoms with van der Waals surface area (Å²) < 4.78 is 29.1. The number of carbonyl (C=O) groups excluding carboxylic acids is 2. The maximum absolute atomic E-state index is 14.4. The number of nitrogens with zero attached hydrogens (tertiary/aromatic N) is 2. The van der Waals surface area contributed by atoms with Crippen molar-refractivity contribution in [1.82, 2.24) is 10.2 Å². The van der Waals surface area contributed by atoms with Crippen LogP contribution in [0.25, 0.3) is 0 Å². The molecular formula is C34H35Cl2N3O4S. The van der Waals surface area contributed by atoms with Gasteiger partial charge in [-0.05, 0) is 41.3 Å². The van der Waals surface area contributed by atoms with Gasteiger partial charge in [0.2, 0.25) is 11.8 Å². The van der Waals surface area contributed by atoms with Crippen molar-refractivity contribution in [1.29, 1.82) is 0 Å². The number of amides is 2. The Kier molecular flexibility index (Phi) is 11.4. The van der Waals surface area contributed by atoms with Crippen LogP contribution in [0, 0.1) is 5.92 Å². The van der Waals surface area contributed by atoms with Crippen LogP contribution in [0.15, 0.2) is 114 Å². The van der Waals surface area contributed by atoms with Gasteiger partial charge in [-0.15, -0.1) is 0 Å². The van der Waals surface area contributed by atoms with E-state index in [2.05, 4.69) is 5.32 Å². The third-order valence-electron chi connectivity index (χ3n) is 6.96. The molecule has 0 aromatic heterocycles. The summed E-state index contributed by atoms with van der Waals surface area (Å²) >= 11 is 12.8. The highest BCUT2D eigenvalue weighted by Gasteiger charge is 2.35. The maximum atomic E-state index is 14.4. The van der Waals surface area contributed by atoms with Crippen molar-refractivity contribution in [3.05, 3.63) is 130 Å². The Hall–Kier alpha value is -3.85. The first-order valence-corrected chi connectivity index (χ1v) is 16.4. The molecule has 0 spiro atoms. The van der Waals surface area contributed by atoms with Crippen LogP contribution in [-0.4, -0.2) is 44.3 Å². The second-order valence-corrected chi connectivity index (χ2v) is 13.4. The van der Waals surface area contributed by atoms with Crippen molar-refractivity contribution in [2.45, 2.75) is 37.8 Å². The predicted molar refractivity (Wildman–Crippen MR) is 176 cm³/mol. The van der Waals surface area contributed by atoms with Gasteiger partial charge >= 0.3 is 0 Å². The minimum atomic E-state index is -4.28. The molecule has 0 aliphatic carbocycles. The molecule has 44 heavy (non-hydrogen) atoms. The third kappa shape index (κ3) is 8.40. The minimum absolute atomic E-state index is 0.00778. The molecule has 0 aliphatic heterocycles. The second-order valence-electron chi connectivity index (χ2n) is 10.7. The molecule has 1 atom stereocenters. The van der Waals surface area contributed by atoms with Gasteiger partial charge in [-0.25, -0.2) is 8.42 Å². The highest BCUT2D eigenvalue weighted by atomic mass is 35.5. The predicted octanol–water partition coefficient (Wildman–Crippen LogP) is 6.60. The van der Waals surface area contributed by atoms with Crippen molar-refractivity contribution in [3.8, 4) is 0 Å². The second kappa shape index (κ2) is 15.2. The average molecular weight is 653 g/mol. The first-order chi connectivity index (χ1) is 21.1. The van der Waals surface area contributed by atoms with E-state index < -0.39 is 28.5 Å². The van der Waals surface area contributed by atoms with Crippen LogP contribution in [0.1, 0.15) is 25.0 Å². The largest absolute Gasteiger partial charge is 0.354 e. The Morgan fingerprint density at radius 2 is 1.34 bits per heavy atom. The van der Waals surface area contributed by atoms with Gasteiger partial charge < -0.3 is 10.2 Å². The summed E-state index contributed by atoms with van der Waals surface area (Å²) in [6.07, 6.45) is 0.229. The van der Waals surface area contributed by atoms with E-state index in [9.17, 15) is 18.0 Å². The molecule has 0 saturated carbocycles. The average Bonchev–Trinajstić information content (AvgIpc) is 3.03. The summed E-state index contributed by atoms with van der Waals surface area (Å²) in [4.78, 5) is 29.7. The van der Waals surface area contributed by atoms with E-state index in [1.165, 1.54) is 23.1 Å². The van der Waals surface area contributed by atoms with Crippen molar-refractivity contribution in [3.63, 3.8) is 0 Å². The highest BCUT2D eigenvalue weighted by molar-refractivity contribution is 7.92. The monoisotopic (exact) mass is 651 g/mol. The molecule has 2 amide bonds. The van der Waals surface area contributed by atoms with Gasteiger partial charge in [-0.1, -0.05) is 122 Å². The van der Waals surface area contributed by atoms with Crippen LogP contribution in [0.5, 0.6) is 0 Å². The molecule has 4 aromatic rings. The summed E-state index contributed by atoms with van der Waals surface area (Å²) in [7, 11) is -4.28. The van der Waals surface area contributed by atoms with Gasteiger partial charge in [0.1, 0.15) is 12.6 Å². The van der Waals surface area contributed by atoms with Gasteiger partial charge in [0, 0.05) is 19.5 Å². The summed E-state index contributed by atoms with van der Waals surface area (Å²) in [5.74, 6) is -0.721. The fraction of sp³-hybridized carbons (Fsp3) is 0.235. The summed E-state index contributed by atoms with van der Waals surface area (Å²) in [5, 5.41) is 3.11. The first-order valence-electron chi connectivity index (χ1n) is 14.2. The number of nitrogens with one attached hydrogen (secondary N) is 1. The lowest BCUT2D eigenvalue weighted by Crippen LogP contribution is -2.53. The smallest absolute Gasteiger partial charge is 0.264 e. The molecule has 230 valence electrons. The molecule has 0 aliphatic rings. The van der Waals surface area contributed by atoms with E-state index in [0.717, 1.165) is 15.4 Å². The van der Waals surface area contributed by atoms with Crippen LogP contribution >= 0.6 is 23.2 Å². The van der Waals surface area contributed by atoms with Gasteiger partial charge in [0.25, 0.3) is 10.0 Å². The molecule has 10 heteroatoms. The van der Waals surface area contributed by atoms with Gasteiger partial charge in [0.15, 0.2) is 0 Å². The van der Waals surface area contributed by atoms with Crippen molar-refractivity contribution in [2.24, 2.45) is 5.92 Å². The molecule has 4 aromatic carbocycles. The molecule has 0 heterocycles. The number of benzene rings is 4. The molecule has 0 saturated heterocycles. The number of hydrogen-bond acceptors (Lipinski definition) is 4. The standard InChI is InChI=1S/C34H35Cl2N3O4S/c1-25(2)22-37-34(41)31(21-26-13-6-3-7-14-26)38(23-27-15-8-4-9-16-27)32(40)24-39(30-20-12-19-29(35)33(30)36)44(42,43)28-17-10-5-11-18-28/h3-20,25,31H,21-24H2,1-2H3,(H,37,41). The molecule has 0 fully saturated rings. The minimum Gasteiger partial charge on any atom is -0.354 e. The van der Waals surface area contributed by atoms with Gasteiger partial charge in [0.05, 0.1) is 20.6 Å². The molecule has 1 N–H and O–H groups in total. The molecule has 0 radical (unpaired) electrons.